The van der Waals surface area contributed by atoms with E-state index >= 15 is 0 Å². The average Bonchev–Trinajstić information content (AvgIpc) is 2.65. The van der Waals surface area contributed by atoms with Crippen molar-refractivity contribution in [2.75, 3.05) is 27.7 Å². The molecule has 0 aliphatic heterocycles. The SMILES string of the molecule is CCCC/C=C\CCCCCCCCCC/C=C\CCC(O)(C[N+](C)(C)C)P(=O)(O)O. The zero-order valence-corrected chi connectivity index (χ0v) is 21.7. The number of rotatable bonds is 20. The van der Waals surface area contributed by atoms with Crippen LogP contribution in [-0.2, 0) is 4.57 Å². The van der Waals surface area contributed by atoms with Crippen molar-refractivity contribution in [3.63, 3.8) is 0 Å². The summed E-state index contributed by atoms with van der Waals surface area (Å²) in [7, 11) is 0.894. The van der Waals surface area contributed by atoms with E-state index < -0.39 is 12.9 Å². The number of aliphatic hydroxyl groups is 1. The number of likely N-dealkylation sites (N-methyl/N-ethyl adjacent to an activating group) is 1. The lowest BCUT2D eigenvalue weighted by Gasteiger charge is -2.35. The summed E-state index contributed by atoms with van der Waals surface area (Å²) in [5, 5.41) is 8.55. The van der Waals surface area contributed by atoms with Crippen LogP contribution in [0, 0.1) is 0 Å². The van der Waals surface area contributed by atoms with Gasteiger partial charge in [0.15, 0.2) is 0 Å². The maximum absolute atomic E-state index is 11.8. The molecule has 184 valence electrons. The van der Waals surface area contributed by atoms with Crippen LogP contribution in [0.4, 0.5) is 0 Å². The van der Waals surface area contributed by atoms with E-state index in [0.29, 0.717) is 10.9 Å². The Balaban J connectivity index is 3.71. The number of allylic oxidation sites excluding steroid dienone is 4. The largest absolute Gasteiger partial charge is 0.373 e. The van der Waals surface area contributed by atoms with Gasteiger partial charge in [0.2, 0.25) is 5.34 Å². The lowest BCUT2D eigenvalue weighted by molar-refractivity contribution is -0.875. The van der Waals surface area contributed by atoms with Crippen molar-refractivity contribution < 1.29 is 23.9 Å². The molecule has 0 saturated heterocycles. The van der Waals surface area contributed by atoms with Crippen LogP contribution in [0.15, 0.2) is 24.3 Å². The first kappa shape index (κ1) is 30.6. The number of hydrogen-bond acceptors (Lipinski definition) is 2. The monoisotopic (exact) mass is 460 g/mol. The van der Waals surface area contributed by atoms with Gasteiger partial charge in [-0.25, -0.2) is 0 Å². The quantitative estimate of drug-likeness (QED) is 0.0834. The second-order valence-corrected chi connectivity index (χ2v) is 11.9. The fraction of sp³-hybridized carbons (Fsp3) is 0.840. The Morgan fingerprint density at radius 3 is 1.48 bits per heavy atom. The summed E-state index contributed by atoms with van der Waals surface area (Å²) in [5.74, 6) is 0. The van der Waals surface area contributed by atoms with Crippen LogP contribution in [0.3, 0.4) is 0 Å². The minimum absolute atomic E-state index is 0.0285. The maximum atomic E-state index is 11.8. The Hall–Kier alpha value is -0.450. The van der Waals surface area contributed by atoms with Gasteiger partial charge in [-0.1, -0.05) is 82.6 Å². The lowest BCUT2D eigenvalue weighted by atomic mass is 10.1. The van der Waals surface area contributed by atoms with Crippen molar-refractivity contribution >= 4 is 7.60 Å². The fourth-order valence-electron chi connectivity index (χ4n) is 3.77. The summed E-state index contributed by atoms with van der Waals surface area (Å²) in [5.41, 5.74) is 0. The molecule has 0 fully saturated rings. The van der Waals surface area contributed by atoms with Gasteiger partial charge in [-0.2, -0.15) is 0 Å². The second kappa shape index (κ2) is 17.1. The lowest BCUT2D eigenvalue weighted by Crippen LogP contribution is -2.49. The van der Waals surface area contributed by atoms with Crippen molar-refractivity contribution in [1.82, 2.24) is 0 Å². The summed E-state index contributed by atoms with van der Waals surface area (Å²) >= 11 is 0. The molecule has 0 saturated carbocycles. The number of nitrogens with zero attached hydrogens (tertiary/aromatic N) is 1. The molecule has 0 heterocycles. The van der Waals surface area contributed by atoms with Gasteiger partial charge < -0.3 is 19.4 Å². The van der Waals surface area contributed by atoms with E-state index in [1.807, 2.05) is 27.2 Å². The molecule has 0 bridgehead atoms. The number of hydrogen-bond donors (Lipinski definition) is 3. The van der Waals surface area contributed by atoms with Crippen LogP contribution in [-0.4, -0.2) is 52.4 Å². The predicted molar refractivity (Wildman–Crippen MR) is 133 cm³/mol. The first-order valence-electron chi connectivity index (χ1n) is 12.4. The zero-order valence-electron chi connectivity index (χ0n) is 20.8. The molecule has 31 heavy (non-hydrogen) atoms. The van der Waals surface area contributed by atoms with Gasteiger partial charge in [-0.3, -0.25) is 4.57 Å². The maximum Gasteiger partial charge on any atom is 0.362 e. The Kier molecular flexibility index (Phi) is 16.8. The molecule has 0 aliphatic carbocycles. The van der Waals surface area contributed by atoms with Gasteiger partial charge in [0.25, 0.3) is 0 Å². The molecule has 0 radical (unpaired) electrons. The molecule has 0 aromatic heterocycles. The fourth-order valence-corrected chi connectivity index (χ4v) is 4.80. The Morgan fingerprint density at radius 2 is 1.10 bits per heavy atom. The van der Waals surface area contributed by atoms with E-state index in [2.05, 4.69) is 25.2 Å². The Labute approximate surface area is 192 Å². The van der Waals surface area contributed by atoms with Gasteiger partial charge >= 0.3 is 7.60 Å². The third kappa shape index (κ3) is 17.7. The summed E-state index contributed by atoms with van der Waals surface area (Å²) in [6, 6.07) is 0. The highest BCUT2D eigenvalue weighted by Crippen LogP contribution is 2.52. The van der Waals surface area contributed by atoms with Crippen LogP contribution in [0.1, 0.15) is 103 Å². The smallest absolute Gasteiger partial charge is 0.362 e. The Morgan fingerprint density at radius 1 is 0.710 bits per heavy atom. The first-order valence-corrected chi connectivity index (χ1v) is 14.0. The average molecular weight is 461 g/mol. The van der Waals surface area contributed by atoms with Gasteiger partial charge in [-0.05, 0) is 44.9 Å². The van der Waals surface area contributed by atoms with E-state index in [1.165, 1.54) is 70.6 Å². The zero-order chi connectivity index (χ0) is 23.6. The molecule has 3 N–H and O–H groups in total. The van der Waals surface area contributed by atoms with E-state index in [9.17, 15) is 19.5 Å². The standard InChI is InChI=1S/C25H50NO4P/c1-5-6-7-8-9-10-11-12-13-14-15-16-17-18-19-20-21-22-23-25(27,31(28,29)30)24-26(2,3)4/h8-9,20-21,27H,5-7,10-19,22-24H2,1-4H3,(H-,28,29,30)/p+1/b9-8-,21-20-. The van der Waals surface area contributed by atoms with Crippen LogP contribution >= 0.6 is 7.60 Å². The van der Waals surface area contributed by atoms with E-state index in [4.69, 9.17) is 0 Å². The molecule has 1 atom stereocenters. The molecular weight excluding hydrogens is 409 g/mol. The molecule has 1 unspecified atom stereocenters. The van der Waals surface area contributed by atoms with Gasteiger partial charge in [-0.15, -0.1) is 0 Å². The summed E-state index contributed by atoms with van der Waals surface area (Å²) in [6.07, 6.45) is 25.7. The second-order valence-electron chi connectivity index (χ2n) is 10.0. The highest BCUT2D eigenvalue weighted by Gasteiger charge is 2.48. The summed E-state index contributed by atoms with van der Waals surface area (Å²) in [6.45, 7) is 2.26. The van der Waals surface area contributed by atoms with Crippen LogP contribution < -0.4 is 0 Å². The molecule has 0 aliphatic rings. The predicted octanol–water partition coefficient (Wildman–Crippen LogP) is 6.54. The molecule has 0 aromatic rings. The van der Waals surface area contributed by atoms with Crippen molar-refractivity contribution in [3.8, 4) is 0 Å². The Bertz CT molecular complexity index is 536. The van der Waals surface area contributed by atoms with E-state index in [-0.39, 0.29) is 13.0 Å². The molecule has 0 spiro atoms. The highest BCUT2D eigenvalue weighted by molar-refractivity contribution is 7.53. The molecule has 0 rings (SSSR count). The van der Waals surface area contributed by atoms with Crippen LogP contribution in [0.25, 0.3) is 0 Å². The minimum atomic E-state index is -4.57. The molecule has 0 amide bonds. The summed E-state index contributed by atoms with van der Waals surface area (Å²) in [4.78, 5) is 19.1. The highest BCUT2D eigenvalue weighted by atomic mass is 31.2. The van der Waals surface area contributed by atoms with E-state index in [0.717, 1.165) is 12.8 Å². The van der Waals surface area contributed by atoms with Crippen molar-refractivity contribution in [3.05, 3.63) is 24.3 Å². The summed E-state index contributed by atoms with van der Waals surface area (Å²) < 4.78 is 12.1. The van der Waals surface area contributed by atoms with Crippen LogP contribution in [0.5, 0.6) is 0 Å². The topological polar surface area (TPSA) is 77.8 Å². The van der Waals surface area contributed by atoms with Crippen molar-refractivity contribution in [2.45, 2.75) is 109 Å². The molecule has 0 aromatic carbocycles. The molecule has 6 heteroatoms. The first-order chi connectivity index (χ1) is 14.5. The molecule has 5 nitrogen and oxygen atoms in total. The van der Waals surface area contributed by atoms with Crippen molar-refractivity contribution in [1.29, 1.82) is 0 Å². The normalized spacial score (nSPS) is 15.2. The third-order valence-electron chi connectivity index (χ3n) is 5.53. The van der Waals surface area contributed by atoms with Crippen molar-refractivity contribution in [2.24, 2.45) is 0 Å². The van der Waals surface area contributed by atoms with Crippen LogP contribution in [0.2, 0.25) is 0 Å². The number of unbranched alkanes of at least 4 members (excludes halogenated alkanes) is 11. The van der Waals surface area contributed by atoms with Gasteiger partial charge in [0.05, 0.1) is 21.1 Å². The van der Waals surface area contributed by atoms with E-state index in [1.54, 1.807) is 0 Å². The van der Waals surface area contributed by atoms with Gasteiger partial charge in [0.1, 0.15) is 6.54 Å². The van der Waals surface area contributed by atoms with Gasteiger partial charge in [0, 0.05) is 0 Å². The molecular formula is C25H51NO4P+. The third-order valence-corrected chi connectivity index (χ3v) is 6.98. The minimum Gasteiger partial charge on any atom is -0.373 e. The number of quaternary nitrogens is 1.